The predicted molar refractivity (Wildman–Crippen MR) is 109 cm³/mol. The summed E-state index contributed by atoms with van der Waals surface area (Å²) in [6.45, 7) is 3.93. The molecule has 0 aliphatic carbocycles. The molecule has 1 aromatic heterocycles. The maximum atomic E-state index is 12.5. The highest BCUT2D eigenvalue weighted by atomic mass is 35.5. The number of carbonyl (C=O) groups is 1. The van der Waals surface area contributed by atoms with Crippen LogP contribution in [0.2, 0.25) is 5.02 Å². The normalized spacial score (nSPS) is 10.5. The number of anilines is 3. The summed E-state index contributed by atoms with van der Waals surface area (Å²) in [5.41, 5.74) is 2.56. The van der Waals surface area contributed by atoms with Crippen LogP contribution in [-0.2, 0) is 0 Å². The molecule has 0 radical (unpaired) electrons. The van der Waals surface area contributed by atoms with E-state index in [0.717, 1.165) is 17.1 Å². The van der Waals surface area contributed by atoms with Crippen LogP contribution in [0.15, 0.2) is 66.9 Å². The molecule has 1 amide bonds. The highest BCUT2D eigenvalue weighted by Crippen LogP contribution is 2.21. The molecule has 3 rings (SSSR count). The zero-order valence-electron chi connectivity index (χ0n) is 15.1. The standard InChI is InChI=1S/C21H20ClN3O2/c1-14(2)27-19-8-6-16(7-9-19)25-21(26)20-13-18(10-11-23-20)24-17-5-3-4-15(22)12-17/h3-14H,1-2H3,(H,23,24)(H,25,26). The minimum atomic E-state index is -0.290. The Morgan fingerprint density at radius 1 is 1.00 bits per heavy atom. The van der Waals surface area contributed by atoms with E-state index in [4.69, 9.17) is 16.3 Å². The number of pyridine rings is 1. The molecule has 0 atom stereocenters. The van der Waals surface area contributed by atoms with E-state index >= 15 is 0 Å². The van der Waals surface area contributed by atoms with Crippen molar-refractivity contribution < 1.29 is 9.53 Å². The zero-order chi connectivity index (χ0) is 19.2. The lowest BCUT2D eigenvalue weighted by Gasteiger charge is -2.11. The number of carbonyl (C=O) groups excluding carboxylic acids is 1. The fraction of sp³-hybridized carbons (Fsp3) is 0.143. The van der Waals surface area contributed by atoms with Crippen LogP contribution >= 0.6 is 11.6 Å². The maximum absolute atomic E-state index is 12.5. The van der Waals surface area contributed by atoms with Crippen molar-refractivity contribution >= 4 is 34.6 Å². The summed E-state index contributed by atoms with van der Waals surface area (Å²) in [7, 11) is 0. The zero-order valence-corrected chi connectivity index (χ0v) is 15.8. The van der Waals surface area contributed by atoms with Gasteiger partial charge in [0.1, 0.15) is 11.4 Å². The molecule has 0 bridgehead atoms. The Balaban J connectivity index is 1.68. The number of amides is 1. The van der Waals surface area contributed by atoms with E-state index in [0.29, 0.717) is 16.4 Å². The van der Waals surface area contributed by atoms with E-state index in [2.05, 4.69) is 15.6 Å². The predicted octanol–water partition coefficient (Wildman–Crippen LogP) is 5.52. The first-order valence-electron chi connectivity index (χ1n) is 8.56. The maximum Gasteiger partial charge on any atom is 0.274 e. The van der Waals surface area contributed by atoms with Gasteiger partial charge < -0.3 is 15.4 Å². The molecule has 2 N–H and O–H groups in total. The molecule has 2 aromatic carbocycles. The molecule has 0 aliphatic heterocycles. The van der Waals surface area contributed by atoms with E-state index in [1.54, 1.807) is 36.5 Å². The van der Waals surface area contributed by atoms with Crippen molar-refractivity contribution in [3.63, 3.8) is 0 Å². The van der Waals surface area contributed by atoms with Crippen molar-refractivity contribution in [2.24, 2.45) is 0 Å². The van der Waals surface area contributed by atoms with Crippen LogP contribution in [0.25, 0.3) is 0 Å². The van der Waals surface area contributed by atoms with Crippen molar-refractivity contribution in [1.82, 2.24) is 4.98 Å². The average molecular weight is 382 g/mol. The van der Waals surface area contributed by atoms with Gasteiger partial charge in [-0.1, -0.05) is 17.7 Å². The molecule has 3 aromatic rings. The molecule has 138 valence electrons. The monoisotopic (exact) mass is 381 g/mol. The average Bonchev–Trinajstić information content (AvgIpc) is 2.63. The molecule has 0 unspecified atom stereocenters. The Morgan fingerprint density at radius 2 is 1.74 bits per heavy atom. The second kappa shape index (κ2) is 8.56. The SMILES string of the molecule is CC(C)Oc1ccc(NC(=O)c2cc(Nc3cccc(Cl)c3)ccn2)cc1. The molecule has 0 spiro atoms. The minimum absolute atomic E-state index is 0.101. The number of ether oxygens (including phenoxy) is 1. The summed E-state index contributed by atoms with van der Waals surface area (Å²) in [6, 6.07) is 18.1. The van der Waals surface area contributed by atoms with Crippen molar-refractivity contribution in [1.29, 1.82) is 0 Å². The number of nitrogens with one attached hydrogen (secondary N) is 2. The summed E-state index contributed by atoms with van der Waals surface area (Å²) < 4.78 is 5.60. The van der Waals surface area contributed by atoms with E-state index < -0.39 is 0 Å². The van der Waals surface area contributed by atoms with Crippen LogP contribution in [0.4, 0.5) is 17.1 Å². The van der Waals surface area contributed by atoms with Crippen LogP contribution in [0.5, 0.6) is 5.75 Å². The van der Waals surface area contributed by atoms with Crippen molar-refractivity contribution in [3.8, 4) is 5.75 Å². The van der Waals surface area contributed by atoms with E-state index in [1.807, 2.05) is 44.2 Å². The number of benzene rings is 2. The first-order valence-corrected chi connectivity index (χ1v) is 8.94. The topological polar surface area (TPSA) is 63.2 Å². The van der Waals surface area contributed by atoms with Gasteiger partial charge >= 0.3 is 0 Å². The molecule has 0 saturated carbocycles. The molecule has 0 saturated heterocycles. The minimum Gasteiger partial charge on any atom is -0.491 e. The van der Waals surface area contributed by atoms with Gasteiger partial charge in [-0.25, -0.2) is 0 Å². The lowest BCUT2D eigenvalue weighted by Crippen LogP contribution is -2.14. The van der Waals surface area contributed by atoms with Crippen LogP contribution in [0.3, 0.4) is 0 Å². The Hall–Kier alpha value is -3.05. The lowest BCUT2D eigenvalue weighted by molar-refractivity contribution is 0.102. The summed E-state index contributed by atoms with van der Waals surface area (Å²) in [5.74, 6) is 0.469. The highest BCUT2D eigenvalue weighted by Gasteiger charge is 2.09. The van der Waals surface area contributed by atoms with Crippen LogP contribution in [0.1, 0.15) is 24.3 Å². The van der Waals surface area contributed by atoms with Gasteiger partial charge in [-0.3, -0.25) is 9.78 Å². The van der Waals surface area contributed by atoms with Gasteiger partial charge in [-0.15, -0.1) is 0 Å². The molecule has 6 heteroatoms. The van der Waals surface area contributed by atoms with Gasteiger partial charge in [0.15, 0.2) is 0 Å². The molecule has 5 nitrogen and oxygen atoms in total. The van der Waals surface area contributed by atoms with Crippen LogP contribution < -0.4 is 15.4 Å². The van der Waals surface area contributed by atoms with E-state index in [1.165, 1.54) is 0 Å². The number of rotatable bonds is 6. The molecule has 0 fully saturated rings. The van der Waals surface area contributed by atoms with Gasteiger partial charge in [0.05, 0.1) is 6.10 Å². The second-order valence-electron chi connectivity index (χ2n) is 6.21. The smallest absolute Gasteiger partial charge is 0.274 e. The third-order valence-electron chi connectivity index (χ3n) is 3.59. The Kier molecular flexibility index (Phi) is 5.94. The quantitative estimate of drug-likeness (QED) is 0.590. The Labute approximate surface area is 163 Å². The summed E-state index contributed by atoms with van der Waals surface area (Å²) >= 11 is 6.00. The Bertz CT molecular complexity index is 927. The van der Waals surface area contributed by atoms with Gasteiger partial charge in [0.25, 0.3) is 5.91 Å². The second-order valence-corrected chi connectivity index (χ2v) is 6.65. The molecule has 0 aliphatic rings. The van der Waals surface area contributed by atoms with E-state index in [-0.39, 0.29) is 12.0 Å². The fourth-order valence-corrected chi connectivity index (χ4v) is 2.64. The number of halogens is 1. The lowest BCUT2D eigenvalue weighted by atomic mass is 10.2. The Morgan fingerprint density at radius 3 is 2.44 bits per heavy atom. The van der Waals surface area contributed by atoms with Gasteiger partial charge in [0.2, 0.25) is 0 Å². The van der Waals surface area contributed by atoms with E-state index in [9.17, 15) is 4.79 Å². The summed E-state index contributed by atoms with van der Waals surface area (Å²) in [6.07, 6.45) is 1.69. The van der Waals surface area contributed by atoms with Crippen LogP contribution in [0, 0.1) is 0 Å². The first kappa shape index (κ1) is 18.7. The largest absolute Gasteiger partial charge is 0.491 e. The highest BCUT2D eigenvalue weighted by molar-refractivity contribution is 6.30. The fourth-order valence-electron chi connectivity index (χ4n) is 2.45. The number of aromatic nitrogens is 1. The summed E-state index contributed by atoms with van der Waals surface area (Å²) in [5, 5.41) is 6.68. The summed E-state index contributed by atoms with van der Waals surface area (Å²) in [4.78, 5) is 16.6. The molecular formula is C21H20ClN3O2. The molecule has 27 heavy (non-hydrogen) atoms. The van der Waals surface area contributed by atoms with Gasteiger partial charge in [0, 0.05) is 28.3 Å². The number of hydrogen-bond donors (Lipinski definition) is 2. The third-order valence-corrected chi connectivity index (χ3v) is 3.82. The number of hydrogen-bond acceptors (Lipinski definition) is 4. The van der Waals surface area contributed by atoms with Gasteiger partial charge in [-0.05, 0) is 68.4 Å². The van der Waals surface area contributed by atoms with Crippen molar-refractivity contribution in [3.05, 3.63) is 77.6 Å². The third kappa shape index (κ3) is 5.46. The van der Waals surface area contributed by atoms with Crippen molar-refractivity contribution in [2.45, 2.75) is 20.0 Å². The molecule has 1 heterocycles. The number of nitrogens with zero attached hydrogens (tertiary/aromatic N) is 1. The molecular weight excluding hydrogens is 362 g/mol. The first-order chi connectivity index (χ1) is 13.0. The van der Waals surface area contributed by atoms with Crippen molar-refractivity contribution in [2.75, 3.05) is 10.6 Å². The van der Waals surface area contributed by atoms with Gasteiger partial charge in [-0.2, -0.15) is 0 Å². The van der Waals surface area contributed by atoms with Crippen LogP contribution in [-0.4, -0.2) is 17.0 Å².